The SMILES string of the molecule is COc1ccc(CN(Cc2ccccc2)Cc2nnnn2C(C)(C)C)cc1. The lowest BCUT2D eigenvalue weighted by atomic mass is 10.1. The van der Waals surface area contributed by atoms with E-state index in [0.29, 0.717) is 6.54 Å². The van der Waals surface area contributed by atoms with Crippen LogP contribution in [0.4, 0.5) is 0 Å². The van der Waals surface area contributed by atoms with Crippen molar-refractivity contribution in [3.63, 3.8) is 0 Å². The molecule has 0 bridgehead atoms. The number of nitrogens with zero attached hydrogens (tertiary/aromatic N) is 5. The van der Waals surface area contributed by atoms with Crippen molar-refractivity contribution in [2.75, 3.05) is 7.11 Å². The standard InChI is InChI=1S/C21H27N5O/c1-21(2,3)26-20(22-23-24-26)16-25(14-17-8-6-5-7-9-17)15-18-10-12-19(27-4)13-11-18/h5-13H,14-16H2,1-4H3. The van der Waals surface area contributed by atoms with Gasteiger partial charge in [-0.2, -0.15) is 0 Å². The van der Waals surface area contributed by atoms with Crippen molar-refractivity contribution < 1.29 is 4.74 Å². The summed E-state index contributed by atoms with van der Waals surface area (Å²) in [5, 5.41) is 12.4. The first-order valence-electron chi connectivity index (χ1n) is 9.12. The second-order valence-corrected chi connectivity index (χ2v) is 7.66. The van der Waals surface area contributed by atoms with Crippen molar-refractivity contribution >= 4 is 0 Å². The molecule has 1 heterocycles. The third-order valence-corrected chi connectivity index (χ3v) is 4.35. The Kier molecular flexibility index (Phi) is 5.86. The van der Waals surface area contributed by atoms with Gasteiger partial charge in [-0.15, -0.1) is 5.10 Å². The first-order valence-corrected chi connectivity index (χ1v) is 9.12. The zero-order valence-electron chi connectivity index (χ0n) is 16.5. The molecular weight excluding hydrogens is 338 g/mol. The average molecular weight is 365 g/mol. The summed E-state index contributed by atoms with van der Waals surface area (Å²) in [7, 11) is 1.68. The Bertz CT molecular complexity index is 837. The molecule has 2 aromatic carbocycles. The number of methoxy groups -OCH3 is 1. The summed E-state index contributed by atoms with van der Waals surface area (Å²) in [6.07, 6.45) is 0. The van der Waals surface area contributed by atoms with E-state index in [4.69, 9.17) is 4.74 Å². The van der Waals surface area contributed by atoms with Crippen molar-refractivity contribution in [3.05, 3.63) is 71.5 Å². The molecule has 0 amide bonds. The van der Waals surface area contributed by atoms with Crippen molar-refractivity contribution in [1.29, 1.82) is 0 Å². The van der Waals surface area contributed by atoms with Gasteiger partial charge in [0.1, 0.15) is 5.75 Å². The maximum absolute atomic E-state index is 5.26. The minimum atomic E-state index is -0.155. The monoisotopic (exact) mass is 365 g/mol. The molecule has 3 rings (SSSR count). The van der Waals surface area contributed by atoms with E-state index >= 15 is 0 Å². The first-order chi connectivity index (χ1) is 13.0. The summed E-state index contributed by atoms with van der Waals surface area (Å²) in [4.78, 5) is 2.35. The smallest absolute Gasteiger partial charge is 0.165 e. The van der Waals surface area contributed by atoms with Crippen molar-refractivity contribution in [2.24, 2.45) is 0 Å². The molecule has 0 aliphatic heterocycles. The van der Waals surface area contributed by atoms with Crippen molar-refractivity contribution in [2.45, 2.75) is 45.9 Å². The van der Waals surface area contributed by atoms with Gasteiger partial charge in [0.05, 0.1) is 19.2 Å². The van der Waals surface area contributed by atoms with Crippen molar-refractivity contribution in [1.82, 2.24) is 25.1 Å². The summed E-state index contributed by atoms with van der Waals surface area (Å²) in [5.74, 6) is 1.73. The Hall–Kier alpha value is -2.73. The number of rotatable bonds is 7. The van der Waals surface area contributed by atoms with Gasteiger partial charge in [0.2, 0.25) is 0 Å². The molecule has 0 saturated carbocycles. The normalized spacial score (nSPS) is 11.7. The molecule has 0 saturated heterocycles. The highest BCUT2D eigenvalue weighted by atomic mass is 16.5. The van der Waals surface area contributed by atoms with Crippen LogP contribution in [-0.4, -0.2) is 32.2 Å². The van der Waals surface area contributed by atoms with Crippen LogP contribution in [0.25, 0.3) is 0 Å². The van der Waals surface area contributed by atoms with Gasteiger partial charge in [-0.1, -0.05) is 42.5 Å². The van der Waals surface area contributed by atoms with Crippen LogP contribution < -0.4 is 4.74 Å². The quantitative estimate of drug-likeness (QED) is 0.640. The van der Waals surface area contributed by atoms with E-state index in [-0.39, 0.29) is 5.54 Å². The van der Waals surface area contributed by atoms with E-state index in [1.807, 2.05) is 22.9 Å². The van der Waals surface area contributed by atoms with Crippen LogP contribution in [-0.2, 0) is 25.2 Å². The maximum atomic E-state index is 5.26. The van der Waals surface area contributed by atoms with Gasteiger partial charge in [-0.25, -0.2) is 4.68 Å². The molecule has 142 valence electrons. The molecular formula is C21H27N5O. The molecule has 0 radical (unpaired) electrons. The number of ether oxygens (including phenoxy) is 1. The summed E-state index contributed by atoms with van der Waals surface area (Å²) in [6, 6.07) is 18.7. The second-order valence-electron chi connectivity index (χ2n) is 7.66. The first kappa shape index (κ1) is 19.0. The van der Waals surface area contributed by atoms with E-state index in [2.05, 4.69) is 77.6 Å². The van der Waals surface area contributed by atoms with E-state index in [0.717, 1.165) is 24.7 Å². The topological polar surface area (TPSA) is 56.1 Å². The van der Waals surface area contributed by atoms with Crippen LogP contribution in [0.5, 0.6) is 5.75 Å². The number of hydrogen-bond donors (Lipinski definition) is 0. The Labute approximate surface area is 160 Å². The van der Waals surface area contributed by atoms with E-state index < -0.39 is 0 Å². The fraction of sp³-hybridized carbons (Fsp3) is 0.381. The predicted octanol–water partition coefficient (Wildman–Crippen LogP) is 3.64. The fourth-order valence-corrected chi connectivity index (χ4v) is 3.02. The lowest BCUT2D eigenvalue weighted by Gasteiger charge is -2.25. The molecule has 6 nitrogen and oxygen atoms in total. The molecule has 0 fully saturated rings. The van der Waals surface area contributed by atoms with Crippen molar-refractivity contribution in [3.8, 4) is 5.75 Å². The molecule has 3 aromatic rings. The Morgan fingerprint density at radius 3 is 2.11 bits per heavy atom. The molecule has 0 aliphatic rings. The minimum Gasteiger partial charge on any atom is -0.497 e. The van der Waals surface area contributed by atoms with Crippen LogP contribution in [0, 0.1) is 0 Å². The van der Waals surface area contributed by atoms with Gasteiger partial charge < -0.3 is 4.74 Å². The maximum Gasteiger partial charge on any atom is 0.165 e. The van der Waals surface area contributed by atoms with Crippen LogP contribution in [0.15, 0.2) is 54.6 Å². The average Bonchev–Trinajstić information content (AvgIpc) is 3.12. The molecule has 0 N–H and O–H groups in total. The zero-order chi connectivity index (χ0) is 19.3. The zero-order valence-corrected chi connectivity index (χ0v) is 16.5. The third kappa shape index (κ3) is 5.14. The van der Waals surface area contributed by atoms with E-state index in [9.17, 15) is 0 Å². The Morgan fingerprint density at radius 2 is 1.52 bits per heavy atom. The van der Waals surface area contributed by atoms with E-state index in [1.165, 1.54) is 11.1 Å². The Morgan fingerprint density at radius 1 is 0.889 bits per heavy atom. The molecule has 0 atom stereocenters. The fourth-order valence-electron chi connectivity index (χ4n) is 3.02. The summed E-state index contributed by atoms with van der Waals surface area (Å²) in [6.45, 7) is 8.62. The number of aromatic nitrogens is 4. The van der Waals surface area contributed by atoms with Crippen LogP contribution in [0.3, 0.4) is 0 Å². The molecule has 6 heteroatoms. The van der Waals surface area contributed by atoms with Gasteiger partial charge in [0.15, 0.2) is 5.82 Å². The third-order valence-electron chi connectivity index (χ3n) is 4.35. The van der Waals surface area contributed by atoms with Gasteiger partial charge in [0.25, 0.3) is 0 Å². The lowest BCUT2D eigenvalue weighted by Crippen LogP contribution is -2.30. The highest BCUT2D eigenvalue weighted by Crippen LogP contribution is 2.19. The second kappa shape index (κ2) is 8.31. The van der Waals surface area contributed by atoms with Gasteiger partial charge in [0, 0.05) is 13.1 Å². The lowest BCUT2D eigenvalue weighted by molar-refractivity contribution is 0.224. The Balaban J connectivity index is 1.82. The largest absolute Gasteiger partial charge is 0.497 e. The van der Waals surface area contributed by atoms with Gasteiger partial charge in [-0.3, -0.25) is 4.90 Å². The summed E-state index contributed by atoms with van der Waals surface area (Å²) in [5.41, 5.74) is 2.33. The van der Waals surface area contributed by atoms with Crippen LogP contribution in [0.1, 0.15) is 37.7 Å². The predicted molar refractivity (Wildman–Crippen MR) is 105 cm³/mol. The number of hydrogen-bond acceptors (Lipinski definition) is 5. The van der Waals surface area contributed by atoms with Crippen LogP contribution in [0.2, 0.25) is 0 Å². The minimum absolute atomic E-state index is 0.155. The molecule has 0 aliphatic carbocycles. The highest BCUT2D eigenvalue weighted by molar-refractivity contribution is 5.27. The van der Waals surface area contributed by atoms with Gasteiger partial charge in [-0.05, 0) is 54.5 Å². The summed E-state index contributed by atoms with van der Waals surface area (Å²) < 4.78 is 7.17. The summed E-state index contributed by atoms with van der Waals surface area (Å²) >= 11 is 0. The molecule has 0 spiro atoms. The molecule has 0 unspecified atom stereocenters. The highest BCUT2D eigenvalue weighted by Gasteiger charge is 2.21. The van der Waals surface area contributed by atoms with Gasteiger partial charge >= 0.3 is 0 Å². The van der Waals surface area contributed by atoms with Crippen LogP contribution >= 0.6 is 0 Å². The number of tetrazole rings is 1. The molecule has 1 aromatic heterocycles. The number of benzene rings is 2. The van der Waals surface area contributed by atoms with E-state index in [1.54, 1.807) is 7.11 Å². The molecule has 27 heavy (non-hydrogen) atoms.